The van der Waals surface area contributed by atoms with E-state index in [-0.39, 0.29) is 18.2 Å². The van der Waals surface area contributed by atoms with E-state index in [9.17, 15) is 10.2 Å². The lowest BCUT2D eigenvalue weighted by Crippen LogP contribution is -2.42. The topological polar surface area (TPSA) is 143 Å². The molecule has 1 fully saturated rings. The van der Waals surface area contributed by atoms with Gasteiger partial charge in [-0.25, -0.2) is 15.0 Å². The zero-order valence-corrected chi connectivity index (χ0v) is 17.1. The molecular weight excluding hydrogens is 394 g/mol. The van der Waals surface area contributed by atoms with Gasteiger partial charge in [0.15, 0.2) is 22.8 Å². The molecule has 156 valence electrons. The number of thiocarbonyl (C=S) groups is 1. The van der Waals surface area contributed by atoms with Gasteiger partial charge in [0.1, 0.15) is 23.8 Å². The lowest BCUT2D eigenvalue weighted by molar-refractivity contribution is -0.0332. The first-order chi connectivity index (χ1) is 14.0. The number of nitrogen functional groups attached to an aromatic ring is 1. The molecule has 2 aromatic heterocycles. The molecule has 29 heavy (non-hydrogen) atoms. The number of ether oxygens (including phenoxy) is 1. The van der Waals surface area contributed by atoms with Gasteiger partial charge in [-0.15, -0.1) is 0 Å². The van der Waals surface area contributed by atoms with Crippen molar-refractivity contribution in [2.75, 3.05) is 19.3 Å². The monoisotopic (exact) mass is 419 g/mol. The number of aromatic nitrogens is 4. The van der Waals surface area contributed by atoms with Crippen molar-refractivity contribution in [3.05, 3.63) is 12.2 Å². The van der Waals surface area contributed by atoms with Crippen LogP contribution < -0.4 is 16.4 Å². The second-order valence-electron chi connectivity index (χ2n) is 6.67. The Labute approximate surface area is 173 Å². The van der Waals surface area contributed by atoms with Gasteiger partial charge in [0.2, 0.25) is 5.82 Å². The highest BCUT2D eigenvalue weighted by atomic mass is 32.1. The number of nitrogens with one attached hydrogen (secondary N) is 2. The molecule has 0 aliphatic carbocycles. The highest BCUT2D eigenvalue weighted by Gasteiger charge is 2.44. The molecule has 0 saturated carbocycles. The molecule has 1 aliphatic heterocycles. The SMILES string of the molecule is CCCCC#Cc1nc(N)c2ncn([C@@H]3O[C@H](CNC(=S)NC)C(O)C3O)c2n1. The quantitative estimate of drug-likeness (QED) is 0.248. The lowest BCUT2D eigenvalue weighted by Gasteiger charge is -2.17. The molecule has 3 rings (SSSR count). The Morgan fingerprint density at radius 2 is 2.17 bits per heavy atom. The Morgan fingerprint density at radius 1 is 1.38 bits per heavy atom. The molecule has 0 spiro atoms. The number of fused-ring (bicyclic) bond motifs is 1. The van der Waals surface area contributed by atoms with Crippen molar-refractivity contribution in [3.63, 3.8) is 0 Å². The number of unbranched alkanes of at least 4 members (excludes halogenated alkanes) is 2. The van der Waals surface area contributed by atoms with Crippen LogP contribution in [0.15, 0.2) is 6.33 Å². The van der Waals surface area contributed by atoms with E-state index in [1.807, 2.05) is 0 Å². The number of imidazole rings is 1. The third-order valence-corrected chi connectivity index (χ3v) is 4.95. The molecule has 1 saturated heterocycles. The Bertz CT molecular complexity index is 939. The van der Waals surface area contributed by atoms with Crippen LogP contribution in [-0.4, -0.2) is 66.7 Å². The standard InChI is InChI=1S/C18H25N7O3S/c1-3-4-5-6-7-11-23-15(19)12-16(24-11)25(9-22-12)17-14(27)13(26)10(28-17)8-21-18(29)20-2/h9-10,13-14,17,26-27H,3-5,8H2,1-2H3,(H2,19,23,24)(H2,20,21,29)/t10-,13?,14?,17-/m1/s1. The summed E-state index contributed by atoms with van der Waals surface area (Å²) in [6.45, 7) is 2.32. The average molecular weight is 420 g/mol. The van der Waals surface area contributed by atoms with Crippen LogP contribution in [0.2, 0.25) is 0 Å². The van der Waals surface area contributed by atoms with E-state index in [1.165, 1.54) is 10.9 Å². The summed E-state index contributed by atoms with van der Waals surface area (Å²) in [5.41, 5.74) is 6.77. The molecule has 3 heterocycles. The molecule has 0 radical (unpaired) electrons. The minimum absolute atomic E-state index is 0.194. The van der Waals surface area contributed by atoms with E-state index < -0.39 is 24.5 Å². The molecule has 0 aromatic carbocycles. The first kappa shape index (κ1) is 21.2. The molecule has 2 unspecified atom stereocenters. The number of hydrogen-bond acceptors (Lipinski definition) is 8. The first-order valence-electron chi connectivity index (χ1n) is 9.42. The van der Waals surface area contributed by atoms with Gasteiger partial charge in [0, 0.05) is 20.0 Å². The molecule has 2 aromatic rings. The van der Waals surface area contributed by atoms with Crippen molar-refractivity contribution in [2.24, 2.45) is 0 Å². The van der Waals surface area contributed by atoms with Crippen LogP contribution in [0, 0.1) is 11.8 Å². The predicted molar refractivity (Wildman–Crippen MR) is 112 cm³/mol. The van der Waals surface area contributed by atoms with E-state index in [0.717, 1.165) is 19.3 Å². The van der Waals surface area contributed by atoms with Gasteiger partial charge in [-0.3, -0.25) is 4.57 Å². The molecule has 10 nitrogen and oxygen atoms in total. The smallest absolute Gasteiger partial charge is 0.208 e. The van der Waals surface area contributed by atoms with Crippen LogP contribution >= 0.6 is 12.2 Å². The van der Waals surface area contributed by atoms with E-state index in [4.69, 9.17) is 22.7 Å². The number of nitrogens with two attached hydrogens (primary N) is 1. The van der Waals surface area contributed by atoms with Crippen molar-refractivity contribution in [3.8, 4) is 11.8 Å². The number of anilines is 1. The summed E-state index contributed by atoms with van der Waals surface area (Å²) >= 11 is 5.03. The zero-order valence-electron chi connectivity index (χ0n) is 16.3. The summed E-state index contributed by atoms with van der Waals surface area (Å²) in [6.07, 6.45) is 0.392. The highest BCUT2D eigenvalue weighted by Crippen LogP contribution is 2.31. The van der Waals surface area contributed by atoms with Crippen LogP contribution in [-0.2, 0) is 4.74 Å². The Kier molecular flexibility index (Phi) is 6.81. The van der Waals surface area contributed by atoms with Crippen LogP contribution in [0.1, 0.15) is 38.2 Å². The fraction of sp³-hybridized carbons (Fsp3) is 0.556. The second kappa shape index (κ2) is 9.32. The van der Waals surface area contributed by atoms with Crippen molar-refractivity contribution >= 4 is 34.3 Å². The van der Waals surface area contributed by atoms with Gasteiger partial charge in [0.25, 0.3) is 0 Å². The van der Waals surface area contributed by atoms with Gasteiger partial charge < -0.3 is 31.3 Å². The summed E-state index contributed by atoms with van der Waals surface area (Å²) in [7, 11) is 1.68. The van der Waals surface area contributed by atoms with E-state index in [2.05, 4.69) is 44.4 Å². The minimum atomic E-state index is -1.18. The van der Waals surface area contributed by atoms with Crippen molar-refractivity contribution < 1.29 is 14.9 Å². The lowest BCUT2D eigenvalue weighted by atomic mass is 10.1. The number of aliphatic hydroxyl groups excluding tert-OH is 2. The average Bonchev–Trinajstić information content (AvgIpc) is 3.25. The molecule has 11 heteroatoms. The van der Waals surface area contributed by atoms with Gasteiger partial charge in [0.05, 0.1) is 6.33 Å². The second-order valence-corrected chi connectivity index (χ2v) is 7.08. The van der Waals surface area contributed by atoms with Gasteiger partial charge >= 0.3 is 0 Å². The van der Waals surface area contributed by atoms with E-state index >= 15 is 0 Å². The summed E-state index contributed by atoms with van der Waals surface area (Å²) in [6, 6.07) is 0. The van der Waals surface area contributed by atoms with Gasteiger partial charge in [-0.1, -0.05) is 19.3 Å². The number of hydrogen-bond donors (Lipinski definition) is 5. The summed E-state index contributed by atoms with van der Waals surface area (Å²) in [5.74, 6) is 6.40. The number of aliphatic hydroxyl groups is 2. The molecule has 0 bridgehead atoms. The maximum atomic E-state index is 10.5. The normalized spacial score (nSPS) is 23.6. The summed E-state index contributed by atoms with van der Waals surface area (Å²) in [4.78, 5) is 12.8. The van der Waals surface area contributed by atoms with Crippen LogP contribution in [0.5, 0.6) is 0 Å². The van der Waals surface area contributed by atoms with E-state index in [1.54, 1.807) is 7.05 Å². The molecule has 0 amide bonds. The van der Waals surface area contributed by atoms with Crippen molar-refractivity contribution in [2.45, 2.75) is 50.7 Å². The fourth-order valence-electron chi connectivity index (χ4n) is 3.00. The van der Waals surface area contributed by atoms with Gasteiger partial charge in [-0.2, -0.15) is 0 Å². The highest BCUT2D eigenvalue weighted by molar-refractivity contribution is 7.80. The Balaban J connectivity index is 1.85. The molecule has 1 aliphatic rings. The third-order valence-electron chi connectivity index (χ3n) is 4.61. The molecule has 6 N–H and O–H groups in total. The van der Waals surface area contributed by atoms with Crippen LogP contribution in [0.3, 0.4) is 0 Å². The molecule has 4 atom stereocenters. The maximum Gasteiger partial charge on any atom is 0.208 e. The predicted octanol–water partition coefficient (Wildman–Crippen LogP) is -0.337. The summed E-state index contributed by atoms with van der Waals surface area (Å²) < 4.78 is 7.40. The minimum Gasteiger partial charge on any atom is -0.387 e. The largest absolute Gasteiger partial charge is 0.387 e. The Morgan fingerprint density at radius 3 is 2.90 bits per heavy atom. The van der Waals surface area contributed by atoms with E-state index in [0.29, 0.717) is 16.3 Å². The third kappa shape index (κ3) is 4.56. The van der Waals surface area contributed by atoms with Crippen LogP contribution in [0.25, 0.3) is 11.2 Å². The maximum absolute atomic E-state index is 10.5. The van der Waals surface area contributed by atoms with Crippen molar-refractivity contribution in [1.82, 2.24) is 30.2 Å². The fourth-order valence-corrected chi connectivity index (χ4v) is 3.08. The number of rotatable bonds is 5. The zero-order chi connectivity index (χ0) is 21.0. The Hall–Kier alpha value is -2.52. The first-order valence-corrected chi connectivity index (χ1v) is 9.83. The van der Waals surface area contributed by atoms with Crippen molar-refractivity contribution in [1.29, 1.82) is 0 Å². The van der Waals surface area contributed by atoms with Gasteiger partial charge in [-0.05, 0) is 24.6 Å². The summed E-state index contributed by atoms with van der Waals surface area (Å²) in [5, 5.41) is 27.0. The number of nitrogens with zero attached hydrogens (tertiary/aromatic N) is 4. The van der Waals surface area contributed by atoms with Crippen LogP contribution in [0.4, 0.5) is 5.82 Å². The molecular formula is C18H25N7O3S.